The third-order valence-corrected chi connectivity index (χ3v) is 6.42. The minimum atomic E-state index is -0.230. The van der Waals surface area contributed by atoms with Crippen LogP contribution in [0.3, 0.4) is 0 Å². The van der Waals surface area contributed by atoms with Gasteiger partial charge in [0.15, 0.2) is 0 Å². The number of halogens is 1. The van der Waals surface area contributed by atoms with Crippen molar-refractivity contribution < 1.29 is 0 Å². The van der Waals surface area contributed by atoms with E-state index in [9.17, 15) is 5.26 Å². The standard InChI is InChI=1S/C25H16BrN5/c26-16-5-3-4-14(10-16)22-18(11-27)25(19-13-28-20-7-2-1-6-17(19)20)30-21-9-8-15-12-29-31-24(15)23(21)22/h1-10,12-13,22,28,30H,(H,29,31). The number of hydrogen-bond acceptors (Lipinski definition) is 3. The second-order valence-electron chi connectivity index (χ2n) is 7.62. The molecule has 5 aromatic rings. The molecular formula is C25H16BrN5. The molecule has 1 aliphatic rings. The Morgan fingerprint density at radius 3 is 2.81 bits per heavy atom. The number of hydrogen-bond donors (Lipinski definition) is 3. The Morgan fingerprint density at radius 2 is 1.94 bits per heavy atom. The fourth-order valence-corrected chi connectivity index (χ4v) is 4.98. The van der Waals surface area contributed by atoms with E-state index in [4.69, 9.17) is 0 Å². The van der Waals surface area contributed by atoms with Crippen LogP contribution in [-0.4, -0.2) is 15.2 Å². The molecule has 3 N–H and O–H groups in total. The third kappa shape index (κ3) is 2.71. The van der Waals surface area contributed by atoms with Crippen LogP contribution in [0, 0.1) is 11.3 Å². The average Bonchev–Trinajstić information content (AvgIpc) is 3.44. The molecule has 0 saturated carbocycles. The van der Waals surface area contributed by atoms with Gasteiger partial charge in [0.05, 0.1) is 35.0 Å². The first-order chi connectivity index (χ1) is 15.2. The fourth-order valence-electron chi connectivity index (χ4n) is 4.57. The highest BCUT2D eigenvalue weighted by atomic mass is 79.9. The number of para-hydroxylation sites is 1. The Morgan fingerprint density at radius 1 is 1.03 bits per heavy atom. The van der Waals surface area contributed by atoms with E-state index < -0.39 is 0 Å². The molecule has 6 rings (SSSR count). The van der Waals surface area contributed by atoms with Crippen molar-refractivity contribution in [3.05, 3.63) is 99.8 Å². The van der Waals surface area contributed by atoms with Crippen LogP contribution < -0.4 is 5.32 Å². The summed E-state index contributed by atoms with van der Waals surface area (Å²) in [6.07, 6.45) is 3.79. The van der Waals surface area contributed by atoms with Crippen molar-refractivity contribution in [1.29, 1.82) is 5.26 Å². The number of nitrogens with one attached hydrogen (secondary N) is 3. The summed E-state index contributed by atoms with van der Waals surface area (Å²) >= 11 is 3.60. The van der Waals surface area contributed by atoms with Gasteiger partial charge in [-0.3, -0.25) is 5.10 Å². The quantitative estimate of drug-likeness (QED) is 0.286. The summed E-state index contributed by atoms with van der Waals surface area (Å²) in [5, 5.41) is 23.5. The van der Waals surface area contributed by atoms with Gasteiger partial charge in [-0.05, 0) is 35.9 Å². The van der Waals surface area contributed by atoms with Crippen LogP contribution in [0.1, 0.15) is 22.6 Å². The topological polar surface area (TPSA) is 80.3 Å². The maximum absolute atomic E-state index is 10.4. The molecule has 0 spiro atoms. The normalized spacial score (nSPS) is 15.7. The second-order valence-corrected chi connectivity index (χ2v) is 8.54. The number of benzene rings is 3. The molecule has 1 atom stereocenters. The minimum Gasteiger partial charge on any atom is -0.360 e. The Balaban J connectivity index is 1.69. The third-order valence-electron chi connectivity index (χ3n) is 5.93. The van der Waals surface area contributed by atoms with Crippen molar-refractivity contribution in [1.82, 2.24) is 15.2 Å². The number of nitrogens with zero attached hydrogens (tertiary/aromatic N) is 2. The first kappa shape index (κ1) is 18.0. The molecule has 5 nitrogen and oxygen atoms in total. The van der Waals surface area contributed by atoms with Crippen LogP contribution in [0.15, 0.2) is 83.1 Å². The van der Waals surface area contributed by atoms with Crippen LogP contribution in [0.5, 0.6) is 0 Å². The molecule has 3 aromatic carbocycles. The van der Waals surface area contributed by atoms with Crippen molar-refractivity contribution in [3.8, 4) is 6.07 Å². The molecule has 0 radical (unpaired) electrons. The van der Waals surface area contributed by atoms with E-state index in [1.165, 1.54) is 0 Å². The van der Waals surface area contributed by atoms with Gasteiger partial charge in [-0.1, -0.05) is 46.3 Å². The molecule has 0 saturated heterocycles. The summed E-state index contributed by atoms with van der Waals surface area (Å²) in [7, 11) is 0. The smallest absolute Gasteiger partial charge is 0.0979 e. The number of anilines is 1. The Kier molecular flexibility index (Phi) is 3.98. The van der Waals surface area contributed by atoms with Gasteiger partial charge in [-0.25, -0.2) is 0 Å². The van der Waals surface area contributed by atoms with Crippen LogP contribution >= 0.6 is 15.9 Å². The molecule has 1 unspecified atom stereocenters. The second kappa shape index (κ2) is 6.86. The molecule has 0 aliphatic carbocycles. The van der Waals surface area contributed by atoms with E-state index in [2.05, 4.69) is 66.8 Å². The zero-order valence-electron chi connectivity index (χ0n) is 16.3. The largest absolute Gasteiger partial charge is 0.360 e. The van der Waals surface area contributed by atoms with Crippen LogP contribution in [-0.2, 0) is 0 Å². The van der Waals surface area contributed by atoms with Crippen molar-refractivity contribution >= 4 is 49.1 Å². The molecular weight excluding hydrogens is 450 g/mol. The van der Waals surface area contributed by atoms with Crippen molar-refractivity contribution in [2.24, 2.45) is 0 Å². The summed E-state index contributed by atoms with van der Waals surface area (Å²) in [6, 6.07) is 23.0. The molecule has 148 valence electrons. The van der Waals surface area contributed by atoms with Crippen molar-refractivity contribution in [2.45, 2.75) is 5.92 Å². The van der Waals surface area contributed by atoms with Gasteiger partial charge >= 0.3 is 0 Å². The lowest BCUT2D eigenvalue weighted by atomic mass is 9.79. The predicted molar refractivity (Wildman–Crippen MR) is 127 cm³/mol. The highest BCUT2D eigenvalue weighted by molar-refractivity contribution is 9.10. The van der Waals surface area contributed by atoms with E-state index in [1.54, 1.807) is 0 Å². The van der Waals surface area contributed by atoms with Gasteiger partial charge in [0.2, 0.25) is 0 Å². The van der Waals surface area contributed by atoms with Gasteiger partial charge in [0, 0.05) is 43.8 Å². The molecule has 3 heterocycles. The fraction of sp³-hybridized carbons (Fsp3) is 0.0400. The maximum atomic E-state index is 10.4. The molecule has 6 heteroatoms. The van der Waals surface area contributed by atoms with Crippen LogP contribution in [0.2, 0.25) is 0 Å². The van der Waals surface area contributed by atoms with Gasteiger partial charge < -0.3 is 10.3 Å². The van der Waals surface area contributed by atoms with E-state index in [-0.39, 0.29) is 5.92 Å². The maximum Gasteiger partial charge on any atom is 0.0979 e. The number of rotatable bonds is 2. The Bertz CT molecular complexity index is 1550. The first-order valence-electron chi connectivity index (χ1n) is 9.94. The number of aromatic nitrogens is 3. The number of H-pyrrole nitrogens is 2. The number of allylic oxidation sites excluding steroid dienone is 1. The van der Waals surface area contributed by atoms with E-state index >= 15 is 0 Å². The number of aromatic amines is 2. The Hall–Kier alpha value is -3.82. The minimum absolute atomic E-state index is 0.230. The summed E-state index contributed by atoms with van der Waals surface area (Å²) in [5.74, 6) is -0.230. The zero-order valence-corrected chi connectivity index (χ0v) is 17.9. The van der Waals surface area contributed by atoms with Gasteiger partial charge in [-0.15, -0.1) is 0 Å². The molecule has 2 aromatic heterocycles. The zero-order chi connectivity index (χ0) is 20.9. The van der Waals surface area contributed by atoms with Gasteiger partial charge in [0.1, 0.15) is 0 Å². The van der Waals surface area contributed by atoms with Gasteiger partial charge in [0.25, 0.3) is 0 Å². The van der Waals surface area contributed by atoms with Crippen molar-refractivity contribution in [2.75, 3.05) is 5.32 Å². The lowest BCUT2D eigenvalue weighted by Crippen LogP contribution is -2.18. The van der Waals surface area contributed by atoms with Gasteiger partial charge in [-0.2, -0.15) is 10.4 Å². The summed E-state index contributed by atoms with van der Waals surface area (Å²) < 4.78 is 0.979. The van der Waals surface area contributed by atoms with Crippen LogP contribution in [0.4, 0.5) is 5.69 Å². The highest BCUT2D eigenvalue weighted by Crippen LogP contribution is 2.47. The first-order valence-corrected chi connectivity index (χ1v) is 10.7. The van der Waals surface area contributed by atoms with E-state index in [0.29, 0.717) is 5.57 Å². The highest BCUT2D eigenvalue weighted by Gasteiger charge is 2.33. The lowest BCUT2D eigenvalue weighted by Gasteiger charge is -2.30. The lowest BCUT2D eigenvalue weighted by molar-refractivity contribution is 0.969. The molecule has 0 amide bonds. The number of fused-ring (bicyclic) bond motifs is 4. The van der Waals surface area contributed by atoms with E-state index in [0.717, 1.165) is 54.4 Å². The van der Waals surface area contributed by atoms with E-state index in [1.807, 2.05) is 48.8 Å². The molecule has 1 aliphatic heterocycles. The average molecular weight is 466 g/mol. The Labute approximate surface area is 186 Å². The van der Waals surface area contributed by atoms with Crippen LogP contribution in [0.25, 0.3) is 27.5 Å². The summed E-state index contributed by atoms with van der Waals surface area (Å²) in [4.78, 5) is 3.34. The van der Waals surface area contributed by atoms with Crippen molar-refractivity contribution in [3.63, 3.8) is 0 Å². The number of nitriles is 1. The monoisotopic (exact) mass is 465 g/mol. The summed E-state index contributed by atoms with van der Waals surface area (Å²) in [5.41, 5.74) is 7.54. The molecule has 0 bridgehead atoms. The SMILES string of the molecule is N#CC1=C(c2c[nH]c3ccccc23)Nc2ccc3cn[nH]c3c2C1c1cccc(Br)c1. The molecule has 0 fully saturated rings. The predicted octanol–water partition coefficient (Wildman–Crippen LogP) is 6.30. The molecule has 31 heavy (non-hydrogen) atoms. The summed E-state index contributed by atoms with van der Waals surface area (Å²) in [6.45, 7) is 0.